The van der Waals surface area contributed by atoms with Crippen LogP contribution in [0.2, 0.25) is 0 Å². The van der Waals surface area contributed by atoms with Crippen LogP contribution in [0.25, 0.3) is 0 Å². The van der Waals surface area contributed by atoms with E-state index in [0.717, 1.165) is 23.7 Å². The van der Waals surface area contributed by atoms with Crippen LogP contribution in [0.4, 0.5) is 0 Å². The fourth-order valence-corrected chi connectivity index (χ4v) is 5.43. The Balaban J connectivity index is 1.81. The van der Waals surface area contributed by atoms with Gasteiger partial charge in [0, 0.05) is 0 Å². The van der Waals surface area contributed by atoms with Crippen LogP contribution in [0, 0.1) is 34.5 Å². The Labute approximate surface area is 144 Å². The second-order valence-electron chi connectivity index (χ2n) is 10.4. The van der Waals surface area contributed by atoms with E-state index in [4.69, 9.17) is 0 Å². The van der Waals surface area contributed by atoms with Gasteiger partial charge in [0.05, 0.1) is 0 Å². The molecule has 3 aliphatic rings. The molecule has 3 aliphatic carbocycles. The molecule has 0 bridgehead atoms. The number of hydrogen-bond donors (Lipinski definition) is 0. The lowest BCUT2D eigenvalue weighted by Crippen LogP contribution is -2.37. The highest BCUT2D eigenvalue weighted by molar-refractivity contribution is 5.33. The van der Waals surface area contributed by atoms with E-state index in [9.17, 15) is 0 Å². The van der Waals surface area contributed by atoms with Crippen LogP contribution < -0.4 is 0 Å². The van der Waals surface area contributed by atoms with E-state index in [1.807, 2.05) is 11.1 Å². The lowest BCUT2D eigenvalue weighted by Gasteiger charge is -2.50. The summed E-state index contributed by atoms with van der Waals surface area (Å²) in [4.78, 5) is 0. The van der Waals surface area contributed by atoms with E-state index in [1.54, 1.807) is 5.57 Å². The Morgan fingerprint density at radius 1 is 1.00 bits per heavy atom. The van der Waals surface area contributed by atoms with Crippen molar-refractivity contribution < 1.29 is 0 Å². The molecule has 3 unspecified atom stereocenters. The first kappa shape index (κ1) is 17.3. The summed E-state index contributed by atoms with van der Waals surface area (Å²) < 4.78 is 0. The molecule has 0 aromatic heterocycles. The van der Waals surface area contributed by atoms with Gasteiger partial charge in [-0.3, -0.25) is 0 Å². The van der Waals surface area contributed by atoms with Gasteiger partial charge in [0.25, 0.3) is 0 Å². The third-order valence-electron chi connectivity index (χ3n) is 7.58. The van der Waals surface area contributed by atoms with Gasteiger partial charge in [0.1, 0.15) is 0 Å². The van der Waals surface area contributed by atoms with E-state index in [-0.39, 0.29) is 0 Å². The van der Waals surface area contributed by atoms with Crippen molar-refractivity contribution in [2.45, 2.75) is 87.0 Å². The van der Waals surface area contributed by atoms with Crippen molar-refractivity contribution in [3.63, 3.8) is 0 Å². The van der Waals surface area contributed by atoms with E-state index in [2.05, 4.69) is 54.5 Å². The molecule has 3 atom stereocenters. The molecule has 0 saturated heterocycles. The number of rotatable bonds is 3. The predicted octanol–water partition coefficient (Wildman–Crippen LogP) is 7.17. The molecule has 0 fully saturated rings. The first-order valence-electron chi connectivity index (χ1n) is 10.0. The molecule has 0 radical (unpaired) electrons. The minimum Gasteiger partial charge on any atom is -0.0844 e. The molecule has 130 valence electrons. The zero-order valence-electron chi connectivity index (χ0n) is 16.6. The van der Waals surface area contributed by atoms with E-state index in [0.29, 0.717) is 10.8 Å². The Morgan fingerprint density at radius 3 is 2.04 bits per heavy atom. The van der Waals surface area contributed by atoms with Crippen molar-refractivity contribution in [1.82, 2.24) is 0 Å². The van der Waals surface area contributed by atoms with E-state index in [1.165, 1.54) is 38.5 Å². The maximum atomic E-state index is 2.54. The molecule has 0 spiro atoms. The van der Waals surface area contributed by atoms with Crippen LogP contribution in [0.5, 0.6) is 0 Å². The first-order valence-corrected chi connectivity index (χ1v) is 10.0. The highest BCUT2D eigenvalue weighted by atomic mass is 14.5. The molecule has 0 heteroatoms. The average molecular weight is 315 g/mol. The summed E-state index contributed by atoms with van der Waals surface area (Å²) in [7, 11) is 0. The zero-order chi connectivity index (χ0) is 17.0. The Hall–Kier alpha value is -0.520. The second-order valence-corrected chi connectivity index (χ2v) is 10.4. The Bertz CT molecular complexity index is 526. The Morgan fingerprint density at radius 2 is 1.57 bits per heavy atom. The van der Waals surface area contributed by atoms with Gasteiger partial charge in [-0.2, -0.15) is 0 Å². The van der Waals surface area contributed by atoms with Crippen LogP contribution in [0.3, 0.4) is 0 Å². The molecule has 0 aliphatic heterocycles. The summed E-state index contributed by atoms with van der Waals surface area (Å²) >= 11 is 0. The highest BCUT2D eigenvalue weighted by Gasteiger charge is 2.43. The second kappa shape index (κ2) is 5.78. The SMILES string of the molecule is CC(C)C1CC=C1CC1CC2=C(CC1C)C(C)(C)CCC2(C)C. The first-order chi connectivity index (χ1) is 10.6. The summed E-state index contributed by atoms with van der Waals surface area (Å²) in [6.07, 6.45) is 10.7. The lowest BCUT2D eigenvalue weighted by molar-refractivity contribution is 0.188. The minimum atomic E-state index is 0.439. The summed E-state index contributed by atoms with van der Waals surface area (Å²) in [6.45, 7) is 17.3. The monoisotopic (exact) mass is 314 g/mol. The molecule has 0 nitrogen and oxygen atoms in total. The maximum Gasteiger partial charge on any atom is -0.0141 e. The van der Waals surface area contributed by atoms with Gasteiger partial charge in [-0.15, -0.1) is 0 Å². The minimum absolute atomic E-state index is 0.439. The standard InChI is InChI=1S/C23H38/c1-15(2)19-9-8-17(19)13-18-14-21-20(12-16(18)3)22(4,5)10-11-23(21,6)7/h8,15-16,18-19H,9-14H2,1-7H3. The van der Waals surface area contributed by atoms with Crippen LogP contribution in [0.15, 0.2) is 22.8 Å². The summed E-state index contributed by atoms with van der Waals surface area (Å²) in [5.74, 6) is 3.45. The van der Waals surface area contributed by atoms with Crippen molar-refractivity contribution in [1.29, 1.82) is 0 Å². The van der Waals surface area contributed by atoms with Gasteiger partial charge in [0.2, 0.25) is 0 Å². The quantitative estimate of drug-likeness (QED) is 0.484. The highest BCUT2D eigenvalue weighted by Crippen LogP contribution is 2.56. The fraction of sp³-hybridized carbons (Fsp3) is 0.826. The molecular formula is C23H38. The van der Waals surface area contributed by atoms with Gasteiger partial charge in [-0.1, -0.05) is 71.3 Å². The van der Waals surface area contributed by atoms with Gasteiger partial charge in [-0.25, -0.2) is 0 Å². The Kier molecular flexibility index (Phi) is 4.35. The third-order valence-corrected chi connectivity index (χ3v) is 7.58. The predicted molar refractivity (Wildman–Crippen MR) is 101 cm³/mol. The molecule has 0 amide bonds. The van der Waals surface area contributed by atoms with Gasteiger partial charge < -0.3 is 0 Å². The number of allylic oxidation sites excluding steroid dienone is 4. The van der Waals surface area contributed by atoms with Crippen LogP contribution in [-0.2, 0) is 0 Å². The largest absolute Gasteiger partial charge is 0.0844 e. The summed E-state index contributed by atoms with van der Waals surface area (Å²) in [5.41, 5.74) is 6.35. The molecule has 23 heavy (non-hydrogen) atoms. The molecule has 0 aromatic rings. The van der Waals surface area contributed by atoms with Crippen LogP contribution >= 0.6 is 0 Å². The molecule has 0 N–H and O–H groups in total. The molecule has 0 aromatic carbocycles. The van der Waals surface area contributed by atoms with E-state index < -0.39 is 0 Å². The van der Waals surface area contributed by atoms with Crippen molar-refractivity contribution in [3.05, 3.63) is 22.8 Å². The van der Waals surface area contributed by atoms with Crippen LogP contribution in [-0.4, -0.2) is 0 Å². The normalized spacial score (nSPS) is 35.7. The van der Waals surface area contributed by atoms with Crippen molar-refractivity contribution >= 4 is 0 Å². The van der Waals surface area contributed by atoms with Gasteiger partial charge in [-0.05, 0) is 73.0 Å². The molecule has 0 heterocycles. The fourth-order valence-electron chi connectivity index (χ4n) is 5.43. The maximum absolute atomic E-state index is 2.54. The number of hydrogen-bond acceptors (Lipinski definition) is 0. The zero-order valence-corrected chi connectivity index (χ0v) is 16.6. The third kappa shape index (κ3) is 3.08. The molecular weight excluding hydrogens is 276 g/mol. The van der Waals surface area contributed by atoms with Crippen molar-refractivity contribution in [2.75, 3.05) is 0 Å². The molecule has 3 rings (SSSR count). The van der Waals surface area contributed by atoms with Crippen molar-refractivity contribution in [3.8, 4) is 0 Å². The average Bonchev–Trinajstić information content (AvgIpc) is 2.40. The smallest absolute Gasteiger partial charge is 0.0141 e. The summed E-state index contributed by atoms with van der Waals surface area (Å²) in [5, 5.41) is 0. The van der Waals surface area contributed by atoms with E-state index >= 15 is 0 Å². The lowest BCUT2D eigenvalue weighted by atomic mass is 9.55. The van der Waals surface area contributed by atoms with Crippen molar-refractivity contribution in [2.24, 2.45) is 34.5 Å². The van der Waals surface area contributed by atoms with Gasteiger partial charge in [0.15, 0.2) is 0 Å². The van der Waals surface area contributed by atoms with Gasteiger partial charge >= 0.3 is 0 Å². The van der Waals surface area contributed by atoms with Crippen LogP contribution in [0.1, 0.15) is 87.0 Å². The summed E-state index contributed by atoms with van der Waals surface area (Å²) in [6, 6.07) is 0. The topological polar surface area (TPSA) is 0 Å². The molecule has 0 saturated carbocycles.